The standard InChI is InChI=1S/C18H17BrN2O/c1-21(2)17-10-8-14(9-11-17)5-4-12-20-18(22)15-6-3-7-16(19)13-15/h3,6-11,13H,12H2,1-2H3,(H,20,22). The minimum Gasteiger partial charge on any atom is -0.378 e. The van der Waals surface area contributed by atoms with Crippen LogP contribution in [0, 0.1) is 11.8 Å². The molecule has 2 aromatic rings. The second-order valence-electron chi connectivity index (χ2n) is 4.94. The molecule has 4 heteroatoms. The quantitative estimate of drug-likeness (QED) is 0.855. The van der Waals surface area contributed by atoms with E-state index in [2.05, 4.69) is 33.1 Å². The molecular formula is C18H17BrN2O. The maximum atomic E-state index is 11.9. The van der Waals surface area contributed by atoms with Gasteiger partial charge in [0.15, 0.2) is 0 Å². The summed E-state index contributed by atoms with van der Waals surface area (Å²) in [5, 5.41) is 2.78. The molecular weight excluding hydrogens is 340 g/mol. The number of nitrogens with one attached hydrogen (secondary N) is 1. The van der Waals surface area contributed by atoms with Gasteiger partial charge in [-0.2, -0.15) is 0 Å². The Labute approximate surface area is 139 Å². The molecule has 1 N–H and O–H groups in total. The first-order valence-electron chi connectivity index (χ1n) is 6.86. The highest BCUT2D eigenvalue weighted by Crippen LogP contribution is 2.12. The number of carbonyl (C=O) groups excluding carboxylic acids is 1. The average Bonchev–Trinajstić information content (AvgIpc) is 2.51. The van der Waals surface area contributed by atoms with Gasteiger partial charge in [0.1, 0.15) is 0 Å². The fourth-order valence-electron chi connectivity index (χ4n) is 1.85. The van der Waals surface area contributed by atoms with Crippen LogP contribution in [-0.2, 0) is 0 Å². The summed E-state index contributed by atoms with van der Waals surface area (Å²) in [7, 11) is 4.00. The smallest absolute Gasteiger partial charge is 0.252 e. The van der Waals surface area contributed by atoms with Gasteiger partial charge in [0.2, 0.25) is 0 Å². The lowest BCUT2D eigenvalue weighted by molar-refractivity contribution is 0.0958. The van der Waals surface area contributed by atoms with Crippen LogP contribution in [0.15, 0.2) is 53.0 Å². The summed E-state index contributed by atoms with van der Waals surface area (Å²) in [6.07, 6.45) is 0. The monoisotopic (exact) mass is 356 g/mol. The number of nitrogens with zero attached hydrogens (tertiary/aromatic N) is 1. The zero-order chi connectivity index (χ0) is 15.9. The molecule has 0 radical (unpaired) electrons. The average molecular weight is 357 g/mol. The van der Waals surface area contributed by atoms with E-state index in [4.69, 9.17) is 0 Å². The highest BCUT2D eigenvalue weighted by atomic mass is 79.9. The SMILES string of the molecule is CN(C)c1ccc(C#CCNC(=O)c2cccc(Br)c2)cc1. The summed E-state index contributed by atoms with van der Waals surface area (Å²) < 4.78 is 0.882. The van der Waals surface area contributed by atoms with E-state index in [1.807, 2.05) is 55.4 Å². The number of hydrogen-bond donors (Lipinski definition) is 1. The van der Waals surface area contributed by atoms with Crippen molar-refractivity contribution >= 4 is 27.5 Å². The second-order valence-corrected chi connectivity index (χ2v) is 5.85. The lowest BCUT2D eigenvalue weighted by Crippen LogP contribution is -2.23. The molecule has 2 aromatic carbocycles. The fourth-order valence-corrected chi connectivity index (χ4v) is 2.24. The Kier molecular flexibility index (Phi) is 5.62. The van der Waals surface area contributed by atoms with Gasteiger partial charge in [0, 0.05) is 35.4 Å². The minimum absolute atomic E-state index is 0.126. The van der Waals surface area contributed by atoms with Crippen molar-refractivity contribution in [3.63, 3.8) is 0 Å². The molecule has 2 rings (SSSR count). The third kappa shape index (κ3) is 4.64. The molecule has 0 unspecified atom stereocenters. The Morgan fingerprint density at radius 1 is 1.18 bits per heavy atom. The minimum atomic E-state index is -0.126. The van der Waals surface area contributed by atoms with Crippen molar-refractivity contribution in [2.45, 2.75) is 0 Å². The first kappa shape index (κ1) is 16.1. The number of hydrogen-bond acceptors (Lipinski definition) is 2. The van der Waals surface area contributed by atoms with Crippen molar-refractivity contribution in [1.82, 2.24) is 5.32 Å². The van der Waals surface area contributed by atoms with Crippen molar-refractivity contribution in [2.75, 3.05) is 25.5 Å². The van der Waals surface area contributed by atoms with Crippen molar-refractivity contribution in [3.05, 3.63) is 64.1 Å². The second kappa shape index (κ2) is 7.67. The van der Waals surface area contributed by atoms with Gasteiger partial charge in [-0.25, -0.2) is 0 Å². The highest BCUT2D eigenvalue weighted by molar-refractivity contribution is 9.10. The zero-order valence-corrected chi connectivity index (χ0v) is 14.1. The lowest BCUT2D eigenvalue weighted by atomic mass is 10.2. The predicted octanol–water partition coefficient (Wildman–Crippen LogP) is 3.30. The molecule has 0 spiro atoms. The van der Waals surface area contributed by atoms with Crippen molar-refractivity contribution in [1.29, 1.82) is 0 Å². The van der Waals surface area contributed by atoms with Crippen LogP contribution in [0.1, 0.15) is 15.9 Å². The molecule has 3 nitrogen and oxygen atoms in total. The van der Waals surface area contributed by atoms with Crippen LogP contribution in [0.2, 0.25) is 0 Å². The third-order valence-electron chi connectivity index (χ3n) is 3.04. The lowest BCUT2D eigenvalue weighted by Gasteiger charge is -2.11. The van der Waals surface area contributed by atoms with E-state index >= 15 is 0 Å². The third-order valence-corrected chi connectivity index (χ3v) is 3.53. The van der Waals surface area contributed by atoms with E-state index in [-0.39, 0.29) is 5.91 Å². The van der Waals surface area contributed by atoms with Gasteiger partial charge in [-0.05, 0) is 42.5 Å². The highest BCUT2D eigenvalue weighted by Gasteiger charge is 2.03. The first-order chi connectivity index (χ1) is 10.6. The van der Waals surface area contributed by atoms with Gasteiger partial charge < -0.3 is 10.2 Å². The summed E-state index contributed by atoms with van der Waals surface area (Å²) in [5.41, 5.74) is 2.68. The predicted molar refractivity (Wildman–Crippen MR) is 94.1 cm³/mol. The number of carbonyl (C=O) groups is 1. The Balaban J connectivity index is 1.90. The molecule has 0 saturated carbocycles. The van der Waals surface area contributed by atoms with Crippen LogP contribution < -0.4 is 10.2 Å². The summed E-state index contributed by atoms with van der Waals surface area (Å²) in [5.74, 6) is 5.87. The topological polar surface area (TPSA) is 32.3 Å². The van der Waals surface area contributed by atoms with Crippen molar-refractivity contribution < 1.29 is 4.79 Å². The molecule has 0 aliphatic carbocycles. The Morgan fingerprint density at radius 2 is 1.91 bits per heavy atom. The normalized spacial score (nSPS) is 9.59. The molecule has 0 fully saturated rings. The van der Waals surface area contributed by atoms with Crippen LogP contribution in [0.5, 0.6) is 0 Å². The van der Waals surface area contributed by atoms with Crippen LogP contribution in [0.4, 0.5) is 5.69 Å². The van der Waals surface area contributed by atoms with Crippen molar-refractivity contribution in [3.8, 4) is 11.8 Å². The Hall–Kier alpha value is -2.25. The van der Waals surface area contributed by atoms with Gasteiger partial charge in [-0.3, -0.25) is 4.79 Å². The fraction of sp³-hybridized carbons (Fsp3) is 0.167. The number of benzene rings is 2. The Bertz CT molecular complexity index is 712. The summed E-state index contributed by atoms with van der Waals surface area (Å²) in [6, 6.07) is 15.2. The summed E-state index contributed by atoms with van der Waals surface area (Å²) in [6.45, 7) is 0.320. The van der Waals surface area contributed by atoms with E-state index in [1.165, 1.54) is 0 Å². The van der Waals surface area contributed by atoms with Gasteiger partial charge in [-0.15, -0.1) is 0 Å². The number of rotatable bonds is 3. The molecule has 1 amide bonds. The number of anilines is 1. The first-order valence-corrected chi connectivity index (χ1v) is 7.65. The van der Waals surface area contributed by atoms with E-state index in [1.54, 1.807) is 12.1 Å². The van der Waals surface area contributed by atoms with Gasteiger partial charge in [0.05, 0.1) is 6.54 Å². The van der Waals surface area contributed by atoms with E-state index in [9.17, 15) is 4.79 Å². The summed E-state index contributed by atoms with van der Waals surface area (Å²) >= 11 is 3.35. The molecule has 0 aromatic heterocycles. The number of halogens is 1. The van der Waals surface area contributed by atoms with Gasteiger partial charge in [0.25, 0.3) is 5.91 Å². The van der Waals surface area contributed by atoms with Crippen LogP contribution >= 0.6 is 15.9 Å². The number of amides is 1. The molecule has 112 valence electrons. The molecule has 0 bridgehead atoms. The molecule has 0 aliphatic heterocycles. The molecule has 22 heavy (non-hydrogen) atoms. The maximum absolute atomic E-state index is 11.9. The molecule has 0 saturated heterocycles. The zero-order valence-electron chi connectivity index (χ0n) is 12.6. The van der Waals surface area contributed by atoms with Crippen molar-refractivity contribution in [2.24, 2.45) is 0 Å². The largest absolute Gasteiger partial charge is 0.378 e. The summed E-state index contributed by atoms with van der Waals surface area (Å²) in [4.78, 5) is 14.0. The van der Waals surface area contributed by atoms with Gasteiger partial charge >= 0.3 is 0 Å². The van der Waals surface area contributed by atoms with Crippen LogP contribution in [0.3, 0.4) is 0 Å². The molecule has 0 heterocycles. The molecule has 0 aliphatic rings. The van der Waals surface area contributed by atoms with Gasteiger partial charge in [-0.1, -0.05) is 33.8 Å². The van der Waals surface area contributed by atoms with Crippen LogP contribution in [-0.4, -0.2) is 26.5 Å². The van der Waals surface area contributed by atoms with E-state index in [0.717, 1.165) is 15.7 Å². The van der Waals surface area contributed by atoms with Crippen LogP contribution in [0.25, 0.3) is 0 Å². The Morgan fingerprint density at radius 3 is 2.55 bits per heavy atom. The molecule has 0 atom stereocenters. The maximum Gasteiger partial charge on any atom is 0.252 e. The van der Waals surface area contributed by atoms with E-state index < -0.39 is 0 Å². The van der Waals surface area contributed by atoms with E-state index in [0.29, 0.717) is 12.1 Å².